The summed E-state index contributed by atoms with van der Waals surface area (Å²) in [6.45, 7) is 2.15. The van der Waals surface area contributed by atoms with Crippen molar-refractivity contribution >= 4 is 23.2 Å². The molecule has 0 aliphatic rings. The van der Waals surface area contributed by atoms with Crippen LogP contribution in [0.25, 0.3) is 11.3 Å². The third-order valence-electron chi connectivity index (χ3n) is 4.56. The number of nitrogens with zero attached hydrogens (tertiary/aromatic N) is 2. The molecule has 1 aromatic heterocycles. The molecule has 3 aromatic rings. The maximum absolute atomic E-state index is 12.8. The van der Waals surface area contributed by atoms with E-state index in [1.54, 1.807) is 6.07 Å². The number of carbonyl (C=O) groups excluding carboxylic acids is 1. The molecule has 162 valence electrons. The monoisotopic (exact) mass is 449 g/mol. The van der Waals surface area contributed by atoms with E-state index in [1.807, 2.05) is 31.2 Å². The Bertz CT molecular complexity index is 1140. The van der Waals surface area contributed by atoms with Crippen molar-refractivity contribution < 1.29 is 18.0 Å². The van der Waals surface area contributed by atoms with Gasteiger partial charge < -0.3 is 5.32 Å². The summed E-state index contributed by atoms with van der Waals surface area (Å²) in [6.07, 6.45) is -4.29. The zero-order chi connectivity index (χ0) is 22.6. The molecule has 0 aliphatic carbocycles. The molecule has 0 fully saturated rings. The Morgan fingerprint density at radius 3 is 2.48 bits per heavy atom. The van der Waals surface area contributed by atoms with Gasteiger partial charge in [0.1, 0.15) is 0 Å². The molecule has 1 N–H and O–H groups in total. The van der Waals surface area contributed by atoms with Crippen LogP contribution in [-0.4, -0.2) is 15.7 Å². The van der Waals surface area contributed by atoms with Crippen LogP contribution in [0.3, 0.4) is 0 Å². The topological polar surface area (TPSA) is 64.0 Å². The molecule has 9 heteroatoms. The quantitative estimate of drug-likeness (QED) is 0.554. The summed E-state index contributed by atoms with van der Waals surface area (Å²) in [5.74, 6) is -0.510. The Morgan fingerprint density at radius 2 is 1.81 bits per heavy atom. The van der Waals surface area contributed by atoms with Gasteiger partial charge in [0.2, 0.25) is 5.91 Å². The zero-order valence-electron chi connectivity index (χ0n) is 16.5. The van der Waals surface area contributed by atoms with Crippen molar-refractivity contribution in [1.29, 1.82) is 0 Å². The molecule has 1 amide bonds. The maximum atomic E-state index is 12.8. The predicted molar refractivity (Wildman–Crippen MR) is 113 cm³/mol. The van der Waals surface area contributed by atoms with Crippen molar-refractivity contribution in [3.05, 3.63) is 81.1 Å². The number of rotatable bonds is 6. The van der Waals surface area contributed by atoms with Gasteiger partial charge in [-0.05, 0) is 37.6 Å². The third-order valence-corrected chi connectivity index (χ3v) is 4.89. The molecule has 0 unspecified atom stereocenters. The average molecular weight is 450 g/mol. The largest absolute Gasteiger partial charge is 0.416 e. The van der Waals surface area contributed by atoms with Gasteiger partial charge in [-0.2, -0.15) is 18.3 Å². The molecule has 0 spiro atoms. The van der Waals surface area contributed by atoms with Gasteiger partial charge in [0.05, 0.1) is 22.0 Å². The minimum atomic E-state index is -4.54. The van der Waals surface area contributed by atoms with Crippen molar-refractivity contribution in [2.75, 3.05) is 5.32 Å². The lowest BCUT2D eigenvalue weighted by Crippen LogP contribution is -2.23. The minimum Gasteiger partial charge on any atom is -0.325 e. The fraction of sp³-hybridized carbons (Fsp3) is 0.227. The Balaban J connectivity index is 1.63. The number of carbonyl (C=O) groups is 1. The number of alkyl halides is 3. The second-order valence-corrected chi connectivity index (χ2v) is 7.40. The van der Waals surface area contributed by atoms with Crippen LogP contribution >= 0.6 is 11.6 Å². The molecular formula is C22H19ClF3N3O2. The molecule has 0 bridgehead atoms. The number of anilines is 1. The summed E-state index contributed by atoms with van der Waals surface area (Å²) in [7, 11) is 0. The van der Waals surface area contributed by atoms with Crippen LogP contribution in [0.15, 0.2) is 59.4 Å². The molecule has 0 aliphatic heterocycles. The van der Waals surface area contributed by atoms with Gasteiger partial charge in [0.15, 0.2) is 0 Å². The van der Waals surface area contributed by atoms with Gasteiger partial charge in [-0.25, -0.2) is 4.68 Å². The second kappa shape index (κ2) is 9.34. The van der Waals surface area contributed by atoms with E-state index < -0.39 is 17.6 Å². The van der Waals surface area contributed by atoms with Crippen molar-refractivity contribution in [1.82, 2.24) is 9.78 Å². The first-order chi connectivity index (χ1) is 14.6. The molecule has 0 radical (unpaired) electrons. The first kappa shape index (κ1) is 22.6. The Kier molecular flexibility index (Phi) is 6.80. The van der Waals surface area contributed by atoms with Crippen LogP contribution in [0, 0.1) is 6.92 Å². The number of benzene rings is 2. The lowest BCUT2D eigenvalue weighted by Gasteiger charge is -2.12. The Hall–Kier alpha value is -3.13. The Labute approximate surface area is 181 Å². The Morgan fingerprint density at radius 1 is 1.10 bits per heavy atom. The van der Waals surface area contributed by atoms with E-state index in [-0.39, 0.29) is 35.7 Å². The number of hydrogen-bond donors (Lipinski definition) is 1. The molecule has 0 saturated carbocycles. The van der Waals surface area contributed by atoms with Gasteiger partial charge in [-0.3, -0.25) is 9.59 Å². The van der Waals surface area contributed by atoms with Gasteiger partial charge in [0.25, 0.3) is 5.56 Å². The molecule has 0 atom stereocenters. The summed E-state index contributed by atoms with van der Waals surface area (Å²) in [4.78, 5) is 24.2. The lowest BCUT2D eigenvalue weighted by molar-refractivity contribution is -0.137. The maximum Gasteiger partial charge on any atom is 0.416 e. The van der Waals surface area contributed by atoms with E-state index in [9.17, 15) is 22.8 Å². The lowest BCUT2D eigenvalue weighted by atomic mass is 10.1. The van der Waals surface area contributed by atoms with E-state index in [1.165, 1.54) is 10.7 Å². The summed E-state index contributed by atoms with van der Waals surface area (Å²) in [5, 5.41) is 6.72. The van der Waals surface area contributed by atoms with Crippen LogP contribution in [0.2, 0.25) is 5.02 Å². The minimum absolute atomic E-state index is 0.00466. The summed E-state index contributed by atoms with van der Waals surface area (Å²) in [6, 6.07) is 13.4. The summed E-state index contributed by atoms with van der Waals surface area (Å²) < 4.78 is 39.8. The SMILES string of the molecule is Cc1ccc(-c2ccc(=O)n(CCCC(=O)Nc3cc(C(F)(F)F)ccc3Cl)n2)cc1. The number of amides is 1. The van der Waals surface area contributed by atoms with Crippen molar-refractivity contribution in [3.8, 4) is 11.3 Å². The van der Waals surface area contributed by atoms with Gasteiger partial charge >= 0.3 is 6.18 Å². The molecule has 2 aromatic carbocycles. The number of halogens is 4. The van der Waals surface area contributed by atoms with Gasteiger partial charge in [-0.15, -0.1) is 0 Å². The highest BCUT2D eigenvalue weighted by molar-refractivity contribution is 6.33. The third kappa shape index (κ3) is 5.95. The molecule has 3 rings (SSSR count). The smallest absolute Gasteiger partial charge is 0.325 e. The fourth-order valence-corrected chi connectivity index (χ4v) is 3.05. The summed E-state index contributed by atoms with van der Waals surface area (Å²) >= 11 is 5.89. The average Bonchev–Trinajstić information content (AvgIpc) is 2.71. The normalized spacial score (nSPS) is 11.4. The van der Waals surface area contributed by atoms with E-state index in [0.717, 1.165) is 29.3 Å². The van der Waals surface area contributed by atoms with Crippen LogP contribution in [-0.2, 0) is 17.5 Å². The van der Waals surface area contributed by atoms with Crippen LogP contribution < -0.4 is 10.9 Å². The number of nitrogens with one attached hydrogen (secondary N) is 1. The van der Waals surface area contributed by atoms with Gasteiger partial charge in [0, 0.05) is 24.6 Å². The van der Waals surface area contributed by atoms with E-state index >= 15 is 0 Å². The highest BCUT2D eigenvalue weighted by atomic mass is 35.5. The van der Waals surface area contributed by atoms with Crippen LogP contribution in [0.4, 0.5) is 18.9 Å². The van der Waals surface area contributed by atoms with Crippen molar-refractivity contribution in [2.45, 2.75) is 32.5 Å². The fourth-order valence-electron chi connectivity index (χ4n) is 2.89. The zero-order valence-corrected chi connectivity index (χ0v) is 17.3. The number of aromatic nitrogens is 2. The first-order valence-corrected chi connectivity index (χ1v) is 9.83. The highest BCUT2D eigenvalue weighted by Gasteiger charge is 2.31. The number of hydrogen-bond acceptors (Lipinski definition) is 3. The molecule has 1 heterocycles. The van der Waals surface area contributed by atoms with Gasteiger partial charge in [-0.1, -0.05) is 41.4 Å². The first-order valence-electron chi connectivity index (χ1n) is 9.45. The van der Waals surface area contributed by atoms with Crippen LogP contribution in [0.5, 0.6) is 0 Å². The molecule has 0 saturated heterocycles. The van der Waals surface area contributed by atoms with E-state index in [4.69, 9.17) is 11.6 Å². The van der Waals surface area contributed by atoms with E-state index in [0.29, 0.717) is 5.69 Å². The predicted octanol–water partition coefficient (Wildman–Crippen LogP) is 5.31. The molecule has 31 heavy (non-hydrogen) atoms. The molecular weight excluding hydrogens is 431 g/mol. The standard InChI is InChI=1S/C22H19ClF3N3O2/c1-14-4-6-15(7-5-14)18-10-11-21(31)29(28-18)12-2-3-20(30)27-19-13-16(22(24,25)26)8-9-17(19)23/h4-11,13H,2-3,12H2,1H3,(H,27,30). The molecule has 5 nitrogen and oxygen atoms in total. The highest BCUT2D eigenvalue weighted by Crippen LogP contribution is 2.33. The van der Waals surface area contributed by atoms with Crippen LogP contribution in [0.1, 0.15) is 24.0 Å². The summed E-state index contributed by atoms with van der Waals surface area (Å²) in [5.41, 5.74) is 1.26. The number of aryl methyl sites for hydroxylation is 2. The van der Waals surface area contributed by atoms with E-state index in [2.05, 4.69) is 10.4 Å². The van der Waals surface area contributed by atoms with Crippen molar-refractivity contribution in [2.24, 2.45) is 0 Å². The van der Waals surface area contributed by atoms with Crippen molar-refractivity contribution in [3.63, 3.8) is 0 Å². The second-order valence-electron chi connectivity index (χ2n) is 6.99.